The summed E-state index contributed by atoms with van der Waals surface area (Å²) in [6.07, 6.45) is 0. The van der Waals surface area contributed by atoms with Crippen LogP contribution in [0.3, 0.4) is 0 Å². The highest BCUT2D eigenvalue weighted by Gasteiger charge is 2.19. The molecule has 0 aliphatic heterocycles. The fourth-order valence-corrected chi connectivity index (χ4v) is 3.29. The largest absolute Gasteiger partial charge is 0.497 e. The van der Waals surface area contributed by atoms with Gasteiger partial charge in [0.2, 0.25) is 5.95 Å². The summed E-state index contributed by atoms with van der Waals surface area (Å²) in [6.45, 7) is 2.06. The molecular formula is C19H19N5O5S. The molecule has 0 saturated heterocycles. The lowest BCUT2D eigenvalue weighted by Gasteiger charge is -2.10. The first-order valence-electron chi connectivity index (χ1n) is 8.83. The van der Waals surface area contributed by atoms with Gasteiger partial charge in [-0.3, -0.25) is 5.32 Å². The van der Waals surface area contributed by atoms with Crippen molar-refractivity contribution in [2.45, 2.75) is 11.8 Å². The van der Waals surface area contributed by atoms with Crippen LogP contribution >= 0.6 is 0 Å². The Kier molecular flexibility index (Phi) is 6.42. The molecule has 2 amide bonds. The normalized spacial score (nSPS) is 10.9. The van der Waals surface area contributed by atoms with E-state index in [4.69, 9.17) is 9.47 Å². The first-order chi connectivity index (χ1) is 14.4. The van der Waals surface area contributed by atoms with E-state index < -0.39 is 16.1 Å². The number of hydrogen-bond acceptors (Lipinski definition) is 8. The van der Waals surface area contributed by atoms with Gasteiger partial charge in [-0.2, -0.15) is 15.0 Å². The van der Waals surface area contributed by atoms with Crippen LogP contribution in [0.4, 0.5) is 10.7 Å². The predicted molar refractivity (Wildman–Crippen MR) is 109 cm³/mol. The quantitative estimate of drug-likeness (QED) is 0.585. The molecule has 156 valence electrons. The number of anilines is 1. The number of benzene rings is 2. The van der Waals surface area contributed by atoms with Crippen molar-refractivity contribution in [3.63, 3.8) is 0 Å². The maximum absolute atomic E-state index is 12.4. The zero-order valence-corrected chi connectivity index (χ0v) is 17.0. The topological polar surface area (TPSA) is 132 Å². The summed E-state index contributed by atoms with van der Waals surface area (Å²) in [6, 6.07) is 13.6. The zero-order chi connectivity index (χ0) is 21.6. The van der Waals surface area contributed by atoms with Crippen LogP contribution in [-0.4, -0.2) is 43.1 Å². The first kappa shape index (κ1) is 21.0. The number of rotatable bonds is 7. The first-order valence-corrected chi connectivity index (χ1v) is 10.3. The summed E-state index contributed by atoms with van der Waals surface area (Å²) in [5, 5.41) is 2.30. The molecule has 11 heteroatoms. The van der Waals surface area contributed by atoms with Crippen molar-refractivity contribution in [3.05, 3.63) is 54.6 Å². The summed E-state index contributed by atoms with van der Waals surface area (Å²) >= 11 is 0. The number of carbonyl (C=O) groups is 1. The fraction of sp³-hybridized carbons (Fsp3) is 0.158. The van der Waals surface area contributed by atoms with E-state index in [1.807, 2.05) is 10.8 Å². The summed E-state index contributed by atoms with van der Waals surface area (Å²) in [4.78, 5) is 24.5. The lowest BCUT2D eigenvalue weighted by Crippen LogP contribution is -2.35. The van der Waals surface area contributed by atoms with Gasteiger partial charge in [0.25, 0.3) is 10.0 Å². The second-order valence-corrected chi connectivity index (χ2v) is 7.48. The third kappa shape index (κ3) is 5.20. The van der Waals surface area contributed by atoms with Gasteiger partial charge >= 0.3 is 12.0 Å². The van der Waals surface area contributed by atoms with Crippen LogP contribution in [0.5, 0.6) is 11.8 Å². The lowest BCUT2D eigenvalue weighted by atomic mass is 10.2. The van der Waals surface area contributed by atoms with Crippen molar-refractivity contribution in [1.29, 1.82) is 0 Å². The van der Waals surface area contributed by atoms with Gasteiger partial charge in [0.1, 0.15) is 5.75 Å². The van der Waals surface area contributed by atoms with E-state index in [0.29, 0.717) is 17.9 Å². The highest BCUT2D eigenvalue weighted by atomic mass is 32.2. The van der Waals surface area contributed by atoms with Crippen molar-refractivity contribution in [2.75, 3.05) is 19.0 Å². The van der Waals surface area contributed by atoms with Gasteiger partial charge in [-0.05, 0) is 31.2 Å². The smallest absolute Gasteiger partial charge is 0.335 e. The van der Waals surface area contributed by atoms with Crippen molar-refractivity contribution in [3.8, 4) is 23.1 Å². The second kappa shape index (κ2) is 9.18. The van der Waals surface area contributed by atoms with Crippen LogP contribution in [0.15, 0.2) is 59.5 Å². The molecule has 3 rings (SSSR count). The molecule has 0 aliphatic carbocycles. The van der Waals surface area contributed by atoms with Gasteiger partial charge in [-0.25, -0.2) is 17.9 Å². The molecule has 0 atom stereocenters. The van der Waals surface area contributed by atoms with Crippen LogP contribution in [0.25, 0.3) is 11.4 Å². The van der Waals surface area contributed by atoms with E-state index in [-0.39, 0.29) is 22.7 Å². The summed E-state index contributed by atoms with van der Waals surface area (Å²) in [7, 11) is -2.64. The van der Waals surface area contributed by atoms with Crippen LogP contribution in [0.2, 0.25) is 0 Å². The Labute approximate surface area is 173 Å². The summed E-state index contributed by atoms with van der Waals surface area (Å²) in [5.74, 6) is 0.595. The number of hydrogen-bond donors (Lipinski definition) is 2. The Balaban J connectivity index is 1.80. The average molecular weight is 429 g/mol. The van der Waals surface area contributed by atoms with Gasteiger partial charge in [-0.1, -0.05) is 30.3 Å². The molecule has 30 heavy (non-hydrogen) atoms. The molecule has 0 fully saturated rings. The molecule has 1 heterocycles. The number of aromatic nitrogens is 3. The summed E-state index contributed by atoms with van der Waals surface area (Å²) < 4.78 is 37.0. The molecule has 2 aromatic carbocycles. The highest BCUT2D eigenvalue weighted by Crippen LogP contribution is 2.19. The number of carbonyl (C=O) groups excluding carboxylic acids is 1. The van der Waals surface area contributed by atoms with Crippen molar-refractivity contribution >= 4 is 22.0 Å². The number of sulfonamides is 1. The SMILES string of the molecule is CCOc1nc(NC(=O)NS(=O)(=O)c2ccc(OC)cc2)nc(-c2ccccc2)n1. The van der Waals surface area contributed by atoms with E-state index in [0.717, 1.165) is 0 Å². The maximum atomic E-state index is 12.4. The minimum atomic E-state index is -4.11. The molecule has 2 N–H and O–H groups in total. The zero-order valence-electron chi connectivity index (χ0n) is 16.2. The Morgan fingerprint density at radius 1 is 1.00 bits per heavy atom. The van der Waals surface area contributed by atoms with E-state index in [1.54, 1.807) is 31.2 Å². The van der Waals surface area contributed by atoms with Crippen LogP contribution in [-0.2, 0) is 10.0 Å². The number of ether oxygens (including phenoxy) is 2. The molecule has 3 aromatic rings. The Bertz CT molecular complexity index is 1120. The van der Waals surface area contributed by atoms with Crippen molar-refractivity contribution < 1.29 is 22.7 Å². The Morgan fingerprint density at radius 2 is 1.70 bits per heavy atom. The number of nitrogens with zero attached hydrogens (tertiary/aromatic N) is 3. The van der Waals surface area contributed by atoms with E-state index >= 15 is 0 Å². The van der Waals surface area contributed by atoms with Gasteiger partial charge in [-0.15, -0.1) is 0 Å². The third-order valence-corrected chi connectivity index (χ3v) is 5.09. The monoisotopic (exact) mass is 429 g/mol. The van der Waals surface area contributed by atoms with Gasteiger partial charge < -0.3 is 9.47 Å². The molecule has 0 radical (unpaired) electrons. The van der Waals surface area contributed by atoms with E-state index in [2.05, 4.69) is 20.3 Å². The molecule has 0 bridgehead atoms. The number of nitrogens with one attached hydrogen (secondary N) is 2. The Hall–Kier alpha value is -3.73. The molecule has 1 aromatic heterocycles. The highest BCUT2D eigenvalue weighted by molar-refractivity contribution is 7.90. The minimum Gasteiger partial charge on any atom is -0.497 e. The lowest BCUT2D eigenvalue weighted by molar-refractivity contribution is 0.256. The second-order valence-electron chi connectivity index (χ2n) is 5.80. The summed E-state index contributed by atoms with van der Waals surface area (Å²) in [5.41, 5.74) is 0.676. The van der Waals surface area contributed by atoms with Crippen molar-refractivity contribution in [2.24, 2.45) is 0 Å². The fourth-order valence-electron chi connectivity index (χ4n) is 2.39. The predicted octanol–water partition coefficient (Wildman–Crippen LogP) is 2.46. The van der Waals surface area contributed by atoms with Crippen molar-refractivity contribution in [1.82, 2.24) is 19.7 Å². The molecular weight excluding hydrogens is 410 g/mol. The van der Waals surface area contributed by atoms with Gasteiger partial charge in [0.15, 0.2) is 5.82 Å². The standard InChI is InChI=1S/C19H19N5O5S/c1-3-29-19-21-16(13-7-5-4-6-8-13)20-17(23-19)22-18(25)24-30(26,27)15-11-9-14(28-2)10-12-15/h4-12H,3H2,1-2H3,(H2,20,21,22,23,24,25). The number of amides is 2. The van der Waals surface area contributed by atoms with Gasteiger partial charge in [0, 0.05) is 5.56 Å². The van der Waals surface area contributed by atoms with Crippen LogP contribution in [0, 0.1) is 0 Å². The third-order valence-electron chi connectivity index (χ3n) is 3.74. The molecule has 0 saturated carbocycles. The van der Waals surface area contributed by atoms with Crippen LogP contribution < -0.4 is 19.5 Å². The molecule has 0 unspecified atom stereocenters. The molecule has 10 nitrogen and oxygen atoms in total. The van der Waals surface area contributed by atoms with Crippen LogP contribution in [0.1, 0.15) is 6.92 Å². The van der Waals surface area contributed by atoms with E-state index in [1.165, 1.54) is 31.4 Å². The minimum absolute atomic E-state index is 0.000311. The van der Waals surface area contributed by atoms with Gasteiger partial charge in [0.05, 0.1) is 18.6 Å². The molecule has 0 aliphatic rings. The van der Waals surface area contributed by atoms with E-state index in [9.17, 15) is 13.2 Å². The Morgan fingerprint density at radius 3 is 2.33 bits per heavy atom. The number of methoxy groups -OCH3 is 1. The average Bonchev–Trinajstić information content (AvgIpc) is 2.74. The molecule has 0 spiro atoms. The maximum Gasteiger partial charge on any atom is 0.335 e. The number of urea groups is 1.